The van der Waals surface area contributed by atoms with Crippen LogP contribution in [0.25, 0.3) is 11.4 Å². The van der Waals surface area contributed by atoms with Gasteiger partial charge in [-0.25, -0.2) is 4.98 Å². The van der Waals surface area contributed by atoms with Crippen molar-refractivity contribution in [2.75, 3.05) is 6.54 Å². The minimum atomic E-state index is 0.0586. The maximum absolute atomic E-state index is 4.89. The van der Waals surface area contributed by atoms with Crippen molar-refractivity contribution in [3.05, 3.63) is 41.7 Å². The lowest BCUT2D eigenvalue weighted by Crippen LogP contribution is -2.30. The van der Waals surface area contributed by atoms with E-state index in [0.717, 1.165) is 25.3 Å². The molecule has 19 heavy (non-hydrogen) atoms. The van der Waals surface area contributed by atoms with Crippen molar-refractivity contribution in [3.63, 3.8) is 0 Å². The Bertz CT molecular complexity index is 576. The van der Waals surface area contributed by atoms with Crippen LogP contribution in [-0.2, 0) is 18.5 Å². The number of aromatic nitrogens is 2. The zero-order chi connectivity index (χ0) is 13.5. The molecule has 1 aromatic carbocycles. The van der Waals surface area contributed by atoms with Gasteiger partial charge in [0, 0.05) is 36.3 Å². The van der Waals surface area contributed by atoms with E-state index in [4.69, 9.17) is 4.98 Å². The van der Waals surface area contributed by atoms with Gasteiger partial charge in [0.05, 0.1) is 5.69 Å². The Kier molecular flexibility index (Phi) is 2.94. The first-order valence-corrected chi connectivity index (χ1v) is 6.94. The van der Waals surface area contributed by atoms with Gasteiger partial charge in [0.2, 0.25) is 0 Å². The molecule has 0 saturated heterocycles. The molecule has 0 bridgehead atoms. The quantitative estimate of drug-likeness (QED) is 0.849. The second kappa shape index (κ2) is 4.49. The van der Waals surface area contributed by atoms with Gasteiger partial charge in [-0.15, -0.1) is 0 Å². The highest BCUT2D eigenvalue weighted by atomic mass is 15.2. The molecule has 3 heteroatoms. The molecule has 0 atom stereocenters. The molecule has 1 aliphatic heterocycles. The fourth-order valence-electron chi connectivity index (χ4n) is 2.81. The molecule has 1 N–H and O–H groups in total. The number of imidazole rings is 1. The number of nitrogens with one attached hydrogen (secondary N) is 1. The lowest BCUT2D eigenvalue weighted by Gasteiger charge is -2.27. The summed E-state index contributed by atoms with van der Waals surface area (Å²) in [7, 11) is 0. The van der Waals surface area contributed by atoms with Gasteiger partial charge in [0.1, 0.15) is 5.82 Å². The minimum Gasteiger partial charge on any atom is -0.322 e. The van der Waals surface area contributed by atoms with Crippen LogP contribution in [0.1, 0.15) is 32.2 Å². The fraction of sp³-hybridized carbons (Fsp3) is 0.438. The smallest absolute Gasteiger partial charge is 0.141 e. The van der Waals surface area contributed by atoms with Crippen LogP contribution >= 0.6 is 0 Å². The van der Waals surface area contributed by atoms with Gasteiger partial charge in [0.15, 0.2) is 0 Å². The molecule has 0 amide bonds. The molecular weight excluding hydrogens is 234 g/mol. The largest absolute Gasteiger partial charge is 0.322 e. The summed E-state index contributed by atoms with van der Waals surface area (Å²) in [6.07, 6.45) is 1.06. The van der Waals surface area contributed by atoms with E-state index < -0.39 is 0 Å². The summed E-state index contributed by atoms with van der Waals surface area (Å²) in [5.74, 6) is 1.10. The Morgan fingerprint density at radius 2 is 1.89 bits per heavy atom. The number of benzene rings is 1. The van der Waals surface area contributed by atoms with Crippen LogP contribution in [-0.4, -0.2) is 16.1 Å². The Labute approximate surface area is 114 Å². The van der Waals surface area contributed by atoms with Crippen LogP contribution in [0.3, 0.4) is 0 Å². The number of hydrogen-bond donors (Lipinski definition) is 1. The topological polar surface area (TPSA) is 29.9 Å². The molecule has 100 valence electrons. The summed E-state index contributed by atoms with van der Waals surface area (Å²) in [6, 6.07) is 10.5. The molecule has 0 spiro atoms. The van der Waals surface area contributed by atoms with Crippen LogP contribution in [0.5, 0.6) is 0 Å². The third-order valence-electron chi connectivity index (χ3n) is 3.59. The lowest BCUT2D eigenvalue weighted by molar-refractivity contribution is 0.384. The standard InChI is InChI=1S/C16H21N3/c1-16(2,3)19-14-9-10-17-11-13(14)18-15(19)12-7-5-4-6-8-12/h4-8,17H,9-11H2,1-3H3. The second-order valence-electron chi connectivity index (χ2n) is 6.13. The molecule has 3 nitrogen and oxygen atoms in total. The van der Waals surface area contributed by atoms with Crippen LogP contribution in [0, 0.1) is 0 Å². The average molecular weight is 255 g/mol. The van der Waals surface area contributed by atoms with Gasteiger partial charge >= 0.3 is 0 Å². The van der Waals surface area contributed by atoms with Crippen LogP contribution < -0.4 is 5.32 Å². The zero-order valence-electron chi connectivity index (χ0n) is 11.9. The van der Waals surface area contributed by atoms with Gasteiger partial charge in [0.25, 0.3) is 0 Å². The van der Waals surface area contributed by atoms with Gasteiger partial charge in [-0.1, -0.05) is 30.3 Å². The highest BCUT2D eigenvalue weighted by Crippen LogP contribution is 2.30. The van der Waals surface area contributed by atoms with Gasteiger partial charge < -0.3 is 9.88 Å². The maximum Gasteiger partial charge on any atom is 0.141 e. The Hall–Kier alpha value is -1.61. The molecule has 3 rings (SSSR count). The summed E-state index contributed by atoms with van der Waals surface area (Å²) >= 11 is 0. The van der Waals surface area contributed by atoms with E-state index >= 15 is 0 Å². The van der Waals surface area contributed by atoms with Crippen molar-refractivity contribution in [2.24, 2.45) is 0 Å². The molecule has 1 aliphatic rings. The highest BCUT2D eigenvalue weighted by molar-refractivity contribution is 5.57. The first-order chi connectivity index (χ1) is 9.07. The molecule has 0 radical (unpaired) electrons. The number of hydrogen-bond acceptors (Lipinski definition) is 2. The van der Waals surface area contributed by atoms with Crippen LogP contribution in [0.15, 0.2) is 30.3 Å². The van der Waals surface area contributed by atoms with E-state index in [2.05, 4.69) is 61.0 Å². The third-order valence-corrected chi connectivity index (χ3v) is 3.59. The van der Waals surface area contributed by atoms with Crippen LogP contribution in [0.2, 0.25) is 0 Å². The summed E-state index contributed by atoms with van der Waals surface area (Å²) in [5.41, 5.74) is 3.86. The molecule has 0 aliphatic carbocycles. The van der Waals surface area contributed by atoms with E-state index in [1.807, 2.05) is 0 Å². The van der Waals surface area contributed by atoms with Gasteiger partial charge in [-0.2, -0.15) is 0 Å². The molecule has 0 fully saturated rings. The van der Waals surface area contributed by atoms with E-state index in [-0.39, 0.29) is 5.54 Å². The molecule has 2 aromatic rings. The van der Waals surface area contributed by atoms with Crippen molar-refractivity contribution in [2.45, 2.75) is 39.3 Å². The van der Waals surface area contributed by atoms with Crippen molar-refractivity contribution in [1.29, 1.82) is 0 Å². The predicted octanol–water partition coefficient (Wildman–Crippen LogP) is 2.95. The number of nitrogens with zero attached hydrogens (tertiary/aromatic N) is 2. The monoisotopic (exact) mass is 255 g/mol. The third kappa shape index (κ3) is 2.19. The summed E-state index contributed by atoms with van der Waals surface area (Å²) in [5, 5.41) is 3.41. The Morgan fingerprint density at radius 1 is 1.16 bits per heavy atom. The summed E-state index contributed by atoms with van der Waals surface area (Å²) < 4.78 is 2.42. The first-order valence-electron chi connectivity index (χ1n) is 6.94. The zero-order valence-corrected chi connectivity index (χ0v) is 11.9. The van der Waals surface area contributed by atoms with E-state index in [9.17, 15) is 0 Å². The summed E-state index contributed by atoms with van der Waals surface area (Å²) in [4.78, 5) is 4.89. The molecular formula is C16H21N3. The average Bonchev–Trinajstić information content (AvgIpc) is 2.79. The Balaban J connectivity index is 2.22. The maximum atomic E-state index is 4.89. The second-order valence-corrected chi connectivity index (χ2v) is 6.13. The van der Waals surface area contributed by atoms with Crippen molar-refractivity contribution < 1.29 is 0 Å². The normalized spacial score (nSPS) is 15.3. The van der Waals surface area contributed by atoms with Gasteiger partial charge in [-0.05, 0) is 20.8 Å². The number of fused-ring (bicyclic) bond motifs is 1. The number of rotatable bonds is 1. The lowest BCUT2D eigenvalue weighted by atomic mass is 10.0. The van der Waals surface area contributed by atoms with Crippen LogP contribution in [0.4, 0.5) is 0 Å². The van der Waals surface area contributed by atoms with E-state index in [1.54, 1.807) is 0 Å². The molecule has 2 heterocycles. The van der Waals surface area contributed by atoms with Crippen molar-refractivity contribution >= 4 is 0 Å². The highest BCUT2D eigenvalue weighted by Gasteiger charge is 2.27. The molecule has 1 aromatic heterocycles. The SMILES string of the molecule is CC(C)(C)n1c(-c2ccccc2)nc2c1CCNC2. The molecule has 0 saturated carbocycles. The van der Waals surface area contributed by atoms with E-state index in [1.165, 1.54) is 17.0 Å². The van der Waals surface area contributed by atoms with Crippen molar-refractivity contribution in [1.82, 2.24) is 14.9 Å². The van der Waals surface area contributed by atoms with E-state index in [0.29, 0.717) is 0 Å². The molecule has 0 unspecified atom stereocenters. The minimum absolute atomic E-state index is 0.0586. The fourth-order valence-corrected chi connectivity index (χ4v) is 2.81. The summed E-state index contributed by atoms with van der Waals surface area (Å²) in [6.45, 7) is 8.69. The van der Waals surface area contributed by atoms with Gasteiger partial charge in [-0.3, -0.25) is 0 Å². The predicted molar refractivity (Wildman–Crippen MR) is 78.1 cm³/mol. The Morgan fingerprint density at radius 3 is 2.58 bits per heavy atom. The first kappa shape index (κ1) is 12.4. The van der Waals surface area contributed by atoms with Crippen molar-refractivity contribution in [3.8, 4) is 11.4 Å².